The highest BCUT2D eigenvalue weighted by Crippen LogP contribution is 2.26. The average molecular weight is 372 g/mol. The quantitative estimate of drug-likeness (QED) is 0.666. The molecule has 0 unspecified atom stereocenters. The zero-order chi connectivity index (χ0) is 18.4. The van der Waals surface area contributed by atoms with Crippen molar-refractivity contribution >= 4 is 17.5 Å². The van der Waals surface area contributed by atoms with Crippen molar-refractivity contribution in [1.82, 2.24) is 5.32 Å². The van der Waals surface area contributed by atoms with E-state index in [1.54, 1.807) is 55.8 Å². The lowest BCUT2D eigenvalue weighted by Crippen LogP contribution is -2.22. The van der Waals surface area contributed by atoms with Gasteiger partial charge in [-0.1, -0.05) is 23.7 Å². The number of benzene rings is 2. The number of methoxy groups -OCH3 is 1. The molecule has 3 rings (SSSR count). The van der Waals surface area contributed by atoms with E-state index in [4.69, 9.17) is 25.5 Å². The highest BCUT2D eigenvalue weighted by molar-refractivity contribution is 6.32. The maximum absolute atomic E-state index is 12.4. The fraction of sp³-hybridized carbons (Fsp3) is 0.150. The van der Waals surface area contributed by atoms with Gasteiger partial charge >= 0.3 is 0 Å². The minimum atomic E-state index is -0.206. The minimum Gasteiger partial charge on any atom is -0.496 e. The molecule has 5 nitrogen and oxygen atoms in total. The monoisotopic (exact) mass is 371 g/mol. The standard InChI is InChI=1S/C20H18ClNO4/c1-24-18-9-8-14(20(23)22-12-16-5-4-10-25-16)11-15(18)13-26-19-7-3-2-6-17(19)21/h2-11H,12-13H2,1H3,(H,22,23). The van der Waals surface area contributed by atoms with E-state index in [2.05, 4.69) is 5.32 Å². The summed E-state index contributed by atoms with van der Waals surface area (Å²) in [5.41, 5.74) is 1.26. The van der Waals surface area contributed by atoms with Gasteiger partial charge in [-0.05, 0) is 42.5 Å². The van der Waals surface area contributed by atoms with Crippen LogP contribution >= 0.6 is 11.6 Å². The predicted molar refractivity (Wildman–Crippen MR) is 98.7 cm³/mol. The van der Waals surface area contributed by atoms with E-state index in [9.17, 15) is 4.79 Å². The summed E-state index contributed by atoms with van der Waals surface area (Å²) in [5.74, 6) is 1.70. The van der Waals surface area contributed by atoms with Gasteiger partial charge in [-0.25, -0.2) is 0 Å². The summed E-state index contributed by atoms with van der Waals surface area (Å²) < 4.78 is 16.3. The molecule has 2 aromatic carbocycles. The summed E-state index contributed by atoms with van der Waals surface area (Å²) in [4.78, 5) is 12.4. The van der Waals surface area contributed by atoms with Gasteiger partial charge in [0.1, 0.15) is 23.9 Å². The number of para-hydroxylation sites is 1. The molecule has 0 saturated carbocycles. The fourth-order valence-electron chi connectivity index (χ4n) is 2.43. The molecule has 1 heterocycles. The Morgan fingerprint density at radius 2 is 1.96 bits per heavy atom. The van der Waals surface area contributed by atoms with Gasteiger partial charge in [0.25, 0.3) is 5.91 Å². The third kappa shape index (κ3) is 4.37. The second kappa shape index (κ2) is 8.45. The molecular formula is C20H18ClNO4. The molecule has 0 bridgehead atoms. The first kappa shape index (κ1) is 17.9. The largest absolute Gasteiger partial charge is 0.496 e. The summed E-state index contributed by atoms with van der Waals surface area (Å²) in [6, 6.07) is 16.0. The van der Waals surface area contributed by atoms with Gasteiger partial charge in [0.05, 0.1) is 24.9 Å². The van der Waals surface area contributed by atoms with Crippen molar-refractivity contribution in [3.05, 3.63) is 82.8 Å². The van der Waals surface area contributed by atoms with Crippen LogP contribution in [0.15, 0.2) is 65.3 Å². The summed E-state index contributed by atoms with van der Waals surface area (Å²) in [5, 5.41) is 3.34. The Kier molecular flexibility index (Phi) is 5.81. The van der Waals surface area contributed by atoms with Gasteiger partial charge in [0.15, 0.2) is 0 Å². The summed E-state index contributed by atoms with van der Waals surface area (Å²) in [6.45, 7) is 0.551. The van der Waals surface area contributed by atoms with Crippen LogP contribution in [0.1, 0.15) is 21.7 Å². The first-order valence-corrected chi connectivity index (χ1v) is 8.40. The van der Waals surface area contributed by atoms with E-state index >= 15 is 0 Å². The molecule has 26 heavy (non-hydrogen) atoms. The fourth-order valence-corrected chi connectivity index (χ4v) is 2.62. The van der Waals surface area contributed by atoms with Crippen molar-refractivity contribution in [1.29, 1.82) is 0 Å². The van der Waals surface area contributed by atoms with Crippen molar-refractivity contribution in [2.24, 2.45) is 0 Å². The van der Waals surface area contributed by atoms with E-state index in [1.165, 1.54) is 0 Å². The van der Waals surface area contributed by atoms with Gasteiger partial charge < -0.3 is 19.2 Å². The minimum absolute atomic E-state index is 0.206. The molecule has 0 atom stereocenters. The number of halogens is 1. The number of hydrogen-bond acceptors (Lipinski definition) is 4. The van der Waals surface area contributed by atoms with Crippen LogP contribution in [0.4, 0.5) is 0 Å². The number of ether oxygens (including phenoxy) is 2. The van der Waals surface area contributed by atoms with E-state index in [0.717, 1.165) is 5.56 Å². The highest BCUT2D eigenvalue weighted by Gasteiger charge is 2.12. The number of rotatable bonds is 7. The van der Waals surface area contributed by atoms with Gasteiger partial charge in [-0.2, -0.15) is 0 Å². The molecule has 0 fully saturated rings. The Morgan fingerprint density at radius 3 is 2.69 bits per heavy atom. The van der Waals surface area contributed by atoms with Crippen LogP contribution in [0.5, 0.6) is 11.5 Å². The normalized spacial score (nSPS) is 10.4. The lowest BCUT2D eigenvalue weighted by Gasteiger charge is -2.13. The van der Waals surface area contributed by atoms with Crippen LogP contribution < -0.4 is 14.8 Å². The topological polar surface area (TPSA) is 60.7 Å². The molecule has 0 spiro atoms. The lowest BCUT2D eigenvalue weighted by molar-refractivity contribution is 0.0948. The van der Waals surface area contributed by atoms with Crippen molar-refractivity contribution in [2.45, 2.75) is 13.2 Å². The number of furan rings is 1. The number of carbonyl (C=O) groups is 1. The molecule has 1 N–H and O–H groups in total. The van der Waals surface area contributed by atoms with Crippen molar-refractivity contribution in [3.63, 3.8) is 0 Å². The van der Waals surface area contributed by atoms with Crippen LogP contribution in [-0.2, 0) is 13.2 Å². The zero-order valence-corrected chi connectivity index (χ0v) is 15.0. The van der Waals surface area contributed by atoms with Crippen LogP contribution in [0.2, 0.25) is 5.02 Å². The van der Waals surface area contributed by atoms with Crippen molar-refractivity contribution in [3.8, 4) is 11.5 Å². The zero-order valence-electron chi connectivity index (χ0n) is 14.2. The second-order valence-corrected chi connectivity index (χ2v) is 5.91. The van der Waals surface area contributed by atoms with Crippen molar-refractivity contribution < 1.29 is 18.7 Å². The highest BCUT2D eigenvalue weighted by atomic mass is 35.5. The number of hydrogen-bond donors (Lipinski definition) is 1. The van der Waals surface area contributed by atoms with Gasteiger partial charge in [-0.3, -0.25) is 4.79 Å². The van der Waals surface area contributed by atoms with E-state index in [-0.39, 0.29) is 12.5 Å². The van der Waals surface area contributed by atoms with Crippen LogP contribution in [0.3, 0.4) is 0 Å². The maximum Gasteiger partial charge on any atom is 0.251 e. The summed E-state index contributed by atoms with van der Waals surface area (Å²) in [7, 11) is 1.57. The van der Waals surface area contributed by atoms with Crippen LogP contribution in [0, 0.1) is 0 Å². The molecule has 0 radical (unpaired) electrons. The van der Waals surface area contributed by atoms with Gasteiger partial charge in [-0.15, -0.1) is 0 Å². The van der Waals surface area contributed by atoms with Gasteiger partial charge in [0, 0.05) is 11.1 Å². The number of amides is 1. The SMILES string of the molecule is COc1ccc(C(=O)NCc2ccco2)cc1COc1ccccc1Cl. The Balaban J connectivity index is 1.71. The van der Waals surface area contributed by atoms with E-state index < -0.39 is 0 Å². The van der Waals surface area contributed by atoms with Crippen LogP contribution in [0.25, 0.3) is 0 Å². The van der Waals surface area contributed by atoms with Crippen LogP contribution in [-0.4, -0.2) is 13.0 Å². The Labute approximate surface area is 156 Å². The molecule has 0 aliphatic carbocycles. The predicted octanol–water partition coefficient (Wildman–Crippen LogP) is 4.45. The molecule has 6 heteroatoms. The molecular weight excluding hydrogens is 354 g/mol. The first-order chi connectivity index (χ1) is 12.7. The first-order valence-electron chi connectivity index (χ1n) is 8.02. The Bertz CT molecular complexity index is 877. The summed E-state index contributed by atoms with van der Waals surface area (Å²) in [6.07, 6.45) is 1.57. The Morgan fingerprint density at radius 1 is 1.12 bits per heavy atom. The molecule has 0 aliphatic heterocycles. The molecule has 0 saturated heterocycles. The molecule has 0 aliphatic rings. The lowest BCUT2D eigenvalue weighted by atomic mass is 10.1. The second-order valence-electron chi connectivity index (χ2n) is 5.51. The molecule has 1 aromatic heterocycles. The van der Waals surface area contributed by atoms with Gasteiger partial charge in [0.2, 0.25) is 0 Å². The average Bonchev–Trinajstić information content (AvgIpc) is 3.19. The summed E-state index contributed by atoms with van der Waals surface area (Å²) >= 11 is 6.11. The molecule has 1 amide bonds. The smallest absolute Gasteiger partial charge is 0.251 e. The van der Waals surface area contributed by atoms with Crippen molar-refractivity contribution in [2.75, 3.05) is 7.11 Å². The Hall–Kier alpha value is -2.92. The van der Waals surface area contributed by atoms with E-state index in [0.29, 0.717) is 34.4 Å². The third-order valence-electron chi connectivity index (χ3n) is 3.77. The molecule has 3 aromatic rings. The van der Waals surface area contributed by atoms with E-state index in [1.807, 2.05) is 12.1 Å². The maximum atomic E-state index is 12.4. The molecule has 134 valence electrons. The number of nitrogens with one attached hydrogen (secondary N) is 1. The third-order valence-corrected chi connectivity index (χ3v) is 4.08. The number of carbonyl (C=O) groups excluding carboxylic acids is 1.